The standard InChI is InChI=1S/C11H13F3N2O3/c1-6-8(3-9(17)18-2)10(19-11(12,13)14)7(4-15)5-16-6/h5H,3-4,15H2,1-2H3. The summed E-state index contributed by atoms with van der Waals surface area (Å²) < 4.78 is 45.6. The van der Waals surface area contributed by atoms with Crippen molar-refractivity contribution in [2.45, 2.75) is 26.3 Å². The number of methoxy groups -OCH3 is 1. The van der Waals surface area contributed by atoms with Gasteiger partial charge in [0.05, 0.1) is 13.5 Å². The largest absolute Gasteiger partial charge is 0.573 e. The van der Waals surface area contributed by atoms with Gasteiger partial charge >= 0.3 is 12.3 Å². The second-order valence-corrected chi connectivity index (χ2v) is 3.68. The lowest BCUT2D eigenvalue weighted by Crippen LogP contribution is -2.21. The first-order valence-electron chi connectivity index (χ1n) is 5.28. The van der Waals surface area contributed by atoms with Crippen molar-refractivity contribution in [1.82, 2.24) is 4.98 Å². The quantitative estimate of drug-likeness (QED) is 0.844. The predicted octanol–water partition coefficient (Wildman–Crippen LogP) is 1.46. The summed E-state index contributed by atoms with van der Waals surface area (Å²) in [5.74, 6) is -1.17. The molecular weight excluding hydrogens is 265 g/mol. The van der Waals surface area contributed by atoms with Gasteiger partial charge < -0.3 is 15.2 Å². The maximum atomic E-state index is 12.4. The van der Waals surface area contributed by atoms with E-state index < -0.39 is 18.1 Å². The number of carbonyl (C=O) groups is 1. The van der Waals surface area contributed by atoms with E-state index in [0.717, 1.165) is 7.11 Å². The van der Waals surface area contributed by atoms with Gasteiger partial charge in [-0.1, -0.05) is 0 Å². The summed E-state index contributed by atoms with van der Waals surface area (Å²) in [6, 6.07) is 0. The number of aryl methyl sites for hydroxylation is 1. The highest BCUT2D eigenvalue weighted by Gasteiger charge is 2.34. The average Bonchev–Trinajstić information content (AvgIpc) is 2.32. The number of hydrogen-bond donors (Lipinski definition) is 1. The molecule has 0 unspecified atom stereocenters. The molecule has 1 heterocycles. The molecule has 0 spiro atoms. The maximum Gasteiger partial charge on any atom is 0.573 e. The topological polar surface area (TPSA) is 74.4 Å². The fourth-order valence-electron chi connectivity index (χ4n) is 1.48. The number of nitrogens with zero attached hydrogens (tertiary/aromatic N) is 1. The van der Waals surface area contributed by atoms with E-state index in [2.05, 4.69) is 14.5 Å². The Labute approximate surface area is 107 Å². The summed E-state index contributed by atoms with van der Waals surface area (Å²) in [4.78, 5) is 15.1. The van der Waals surface area contributed by atoms with E-state index in [1.165, 1.54) is 13.1 Å². The van der Waals surface area contributed by atoms with E-state index in [9.17, 15) is 18.0 Å². The Hall–Kier alpha value is -1.83. The van der Waals surface area contributed by atoms with Crippen molar-refractivity contribution in [2.24, 2.45) is 5.73 Å². The molecular formula is C11H13F3N2O3. The van der Waals surface area contributed by atoms with E-state index in [0.29, 0.717) is 0 Å². The van der Waals surface area contributed by atoms with Gasteiger partial charge in [-0.2, -0.15) is 0 Å². The molecule has 0 fully saturated rings. The average molecular weight is 278 g/mol. The third-order valence-corrected chi connectivity index (χ3v) is 2.40. The lowest BCUT2D eigenvalue weighted by molar-refractivity contribution is -0.275. The van der Waals surface area contributed by atoms with Gasteiger partial charge in [0.15, 0.2) is 0 Å². The van der Waals surface area contributed by atoms with Crippen molar-refractivity contribution in [2.75, 3.05) is 7.11 Å². The molecule has 0 atom stereocenters. The maximum absolute atomic E-state index is 12.4. The molecule has 0 saturated heterocycles. The van der Waals surface area contributed by atoms with Crippen LogP contribution in [-0.2, 0) is 22.5 Å². The molecule has 0 aliphatic rings. The second-order valence-electron chi connectivity index (χ2n) is 3.68. The molecule has 5 nitrogen and oxygen atoms in total. The number of carbonyl (C=O) groups excluding carboxylic acids is 1. The minimum Gasteiger partial charge on any atom is -0.469 e. The second kappa shape index (κ2) is 5.87. The highest BCUT2D eigenvalue weighted by Crippen LogP contribution is 2.31. The molecule has 2 N–H and O–H groups in total. The number of hydrogen-bond acceptors (Lipinski definition) is 5. The van der Waals surface area contributed by atoms with Gasteiger partial charge in [-0.05, 0) is 6.92 Å². The molecule has 1 rings (SSSR count). The summed E-state index contributed by atoms with van der Waals surface area (Å²) in [5, 5.41) is 0. The smallest absolute Gasteiger partial charge is 0.469 e. The molecule has 0 radical (unpaired) electrons. The molecule has 106 valence electrons. The molecule has 0 aliphatic carbocycles. The molecule has 19 heavy (non-hydrogen) atoms. The molecule has 0 aliphatic heterocycles. The highest BCUT2D eigenvalue weighted by atomic mass is 19.4. The lowest BCUT2D eigenvalue weighted by Gasteiger charge is -2.17. The number of esters is 1. The van der Waals surface area contributed by atoms with Crippen molar-refractivity contribution in [3.05, 3.63) is 23.0 Å². The Bertz CT molecular complexity index is 475. The van der Waals surface area contributed by atoms with E-state index in [4.69, 9.17) is 5.73 Å². The molecule has 0 saturated carbocycles. The van der Waals surface area contributed by atoms with Crippen LogP contribution < -0.4 is 10.5 Å². The summed E-state index contributed by atoms with van der Waals surface area (Å²) in [6.07, 6.45) is -4.05. The normalized spacial score (nSPS) is 11.3. The van der Waals surface area contributed by atoms with Crippen molar-refractivity contribution in [1.29, 1.82) is 0 Å². The number of rotatable bonds is 4. The van der Waals surface area contributed by atoms with Crippen LogP contribution in [0.3, 0.4) is 0 Å². The molecule has 1 aromatic heterocycles. The van der Waals surface area contributed by atoms with Crippen LogP contribution in [0, 0.1) is 6.92 Å². The van der Waals surface area contributed by atoms with Crippen molar-refractivity contribution in [3.8, 4) is 5.75 Å². The Morgan fingerprint density at radius 3 is 2.58 bits per heavy atom. The SMILES string of the molecule is COC(=O)Cc1c(C)ncc(CN)c1OC(F)(F)F. The fraction of sp³-hybridized carbons (Fsp3) is 0.455. The van der Waals surface area contributed by atoms with E-state index in [-0.39, 0.29) is 29.8 Å². The molecule has 0 amide bonds. The van der Waals surface area contributed by atoms with E-state index >= 15 is 0 Å². The van der Waals surface area contributed by atoms with Gasteiger partial charge in [-0.3, -0.25) is 9.78 Å². The van der Waals surface area contributed by atoms with Crippen molar-refractivity contribution < 1.29 is 27.4 Å². The zero-order chi connectivity index (χ0) is 14.6. The summed E-state index contributed by atoms with van der Waals surface area (Å²) in [7, 11) is 1.14. The van der Waals surface area contributed by atoms with Crippen molar-refractivity contribution in [3.63, 3.8) is 0 Å². The number of alkyl halides is 3. The Morgan fingerprint density at radius 2 is 2.11 bits per heavy atom. The number of aromatic nitrogens is 1. The van der Waals surface area contributed by atoms with E-state index in [1.54, 1.807) is 0 Å². The van der Waals surface area contributed by atoms with Gasteiger partial charge in [0.25, 0.3) is 0 Å². The summed E-state index contributed by atoms with van der Waals surface area (Å²) >= 11 is 0. The minimum absolute atomic E-state index is 0.0205. The number of halogens is 3. The number of nitrogens with two attached hydrogens (primary N) is 1. The molecule has 0 bridgehead atoms. The summed E-state index contributed by atoms with van der Waals surface area (Å²) in [5.41, 5.74) is 5.69. The first-order chi connectivity index (χ1) is 8.78. The van der Waals surface area contributed by atoms with Gasteiger partial charge in [0, 0.05) is 29.6 Å². The fourth-order valence-corrected chi connectivity index (χ4v) is 1.48. The van der Waals surface area contributed by atoms with Crippen LogP contribution in [0.1, 0.15) is 16.8 Å². The third kappa shape index (κ3) is 4.09. The first kappa shape index (κ1) is 15.2. The molecule has 8 heteroatoms. The van der Waals surface area contributed by atoms with Crippen LogP contribution in [0.25, 0.3) is 0 Å². The third-order valence-electron chi connectivity index (χ3n) is 2.40. The van der Waals surface area contributed by atoms with Crippen molar-refractivity contribution >= 4 is 5.97 Å². The monoisotopic (exact) mass is 278 g/mol. The zero-order valence-electron chi connectivity index (χ0n) is 10.4. The van der Waals surface area contributed by atoms with Crippen LogP contribution in [0.4, 0.5) is 13.2 Å². The van der Waals surface area contributed by atoms with Gasteiger partial charge in [0.2, 0.25) is 0 Å². The molecule has 0 aromatic carbocycles. The Kier molecular flexibility index (Phi) is 4.71. The minimum atomic E-state index is -4.87. The van der Waals surface area contributed by atoms with Crippen LogP contribution in [-0.4, -0.2) is 24.4 Å². The van der Waals surface area contributed by atoms with Gasteiger partial charge in [0.1, 0.15) is 5.75 Å². The lowest BCUT2D eigenvalue weighted by atomic mass is 10.1. The number of ether oxygens (including phenoxy) is 2. The molecule has 1 aromatic rings. The predicted molar refractivity (Wildman–Crippen MR) is 59.3 cm³/mol. The number of pyridine rings is 1. The highest BCUT2D eigenvalue weighted by molar-refractivity contribution is 5.74. The zero-order valence-corrected chi connectivity index (χ0v) is 10.4. The van der Waals surface area contributed by atoms with Crippen LogP contribution in [0.15, 0.2) is 6.20 Å². The van der Waals surface area contributed by atoms with E-state index in [1.807, 2.05) is 0 Å². The Morgan fingerprint density at radius 1 is 1.47 bits per heavy atom. The van der Waals surface area contributed by atoms with Gasteiger partial charge in [-0.15, -0.1) is 13.2 Å². The summed E-state index contributed by atoms with van der Waals surface area (Å²) in [6.45, 7) is 1.29. The van der Waals surface area contributed by atoms with Crippen LogP contribution >= 0.6 is 0 Å². The van der Waals surface area contributed by atoms with Gasteiger partial charge in [-0.25, -0.2) is 0 Å². The first-order valence-corrected chi connectivity index (χ1v) is 5.28. The Balaban J connectivity index is 3.28. The van der Waals surface area contributed by atoms with Crippen LogP contribution in [0.2, 0.25) is 0 Å². The van der Waals surface area contributed by atoms with Crippen LogP contribution in [0.5, 0.6) is 5.75 Å².